The highest BCUT2D eigenvalue weighted by Crippen LogP contribution is 2.47. The van der Waals surface area contributed by atoms with Crippen LogP contribution in [0.1, 0.15) is 82.8 Å². The molecule has 0 bridgehead atoms. The van der Waals surface area contributed by atoms with Crippen LogP contribution in [0.3, 0.4) is 0 Å². The minimum atomic E-state index is -1.39. The molecular formula is C43H41ClFN3O10. The van der Waals surface area contributed by atoms with Crippen molar-refractivity contribution < 1.29 is 47.6 Å². The number of amides is 1. The Kier molecular flexibility index (Phi) is 10.4. The fourth-order valence-corrected chi connectivity index (χ4v) is 9.01. The van der Waals surface area contributed by atoms with E-state index in [0.717, 1.165) is 30.9 Å². The van der Waals surface area contributed by atoms with E-state index in [-0.39, 0.29) is 53.6 Å². The van der Waals surface area contributed by atoms with Crippen molar-refractivity contribution in [2.75, 3.05) is 45.5 Å². The molecule has 0 radical (unpaired) electrons. The number of piperidine rings is 1. The number of carbonyl (C=O) groups is 4. The SMILES string of the molecule is COc1ccc2c(c1)C(CC(=O)OCOC(=O)N1CCCC3CN(c4c(F)cc5c(=O)c(C(=O)O)cn(C6CC6)c5c4OC)CC31)=C(C)C2C(=O)c1ccc(Cl)cc1. The van der Waals surface area contributed by atoms with Crippen LogP contribution >= 0.6 is 11.6 Å². The van der Waals surface area contributed by atoms with Gasteiger partial charge >= 0.3 is 18.0 Å². The molecule has 3 aromatic carbocycles. The highest BCUT2D eigenvalue weighted by atomic mass is 35.5. The van der Waals surface area contributed by atoms with Gasteiger partial charge in [0.1, 0.15) is 17.0 Å². The van der Waals surface area contributed by atoms with Crippen LogP contribution in [0.4, 0.5) is 14.9 Å². The number of esters is 1. The number of Topliss-reactive ketones (excluding diaryl/α,β-unsaturated/α-hetero) is 1. The van der Waals surface area contributed by atoms with E-state index in [2.05, 4.69) is 0 Å². The van der Waals surface area contributed by atoms with E-state index in [1.54, 1.807) is 50.8 Å². The third-order valence-corrected chi connectivity index (χ3v) is 12.1. The minimum absolute atomic E-state index is 0.0402. The van der Waals surface area contributed by atoms with E-state index in [1.165, 1.54) is 20.4 Å². The van der Waals surface area contributed by atoms with Crippen molar-refractivity contribution in [1.29, 1.82) is 0 Å². The van der Waals surface area contributed by atoms with Gasteiger partial charge in [0.2, 0.25) is 12.2 Å². The number of carboxylic acid groups (broad SMARTS) is 1. The number of aromatic nitrogens is 1. The summed E-state index contributed by atoms with van der Waals surface area (Å²) in [5.74, 6) is -2.90. The fourth-order valence-electron chi connectivity index (χ4n) is 8.89. The van der Waals surface area contributed by atoms with Gasteiger partial charge in [0, 0.05) is 42.5 Å². The molecule has 3 heterocycles. The number of likely N-dealkylation sites (tertiary alicyclic amines) is 1. The maximum atomic E-state index is 16.1. The van der Waals surface area contributed by atoms with E-state index in [4.69, 9.17) is 30.5 Å². The molecule has 15 heteroatoms. The molecule has 13 nitrogen and oxygen atoms in total. The van der Waals surface area contributed by atoms with Crippen molar-refractivity contribution in [2.24, 2.45) is 5.92 Å². The Bertz CT molecular complexity index is 2460. The molecular weight excluding hydrogens is 773 g/mol. The first-order chi connectivity index (χ1) is 27.9. The molecule has 3 unspecified atom stereocenters. The lowest BCUT2D eigenvalue weighted by Crippen LogP contribution is -2.48. The zero-order valence-corrected chi connectivity index (χ0v) is 32.8. The number of nitrogens with zero attached hydrogens (tertiary/aromatic N) is 3. The zero-order chi connectivity index (χ0) is 41.0. The van der Waals surface area contributed by atoms with Crippen molar-refractivity contribution in [3.8, 4) is 11.5 Å². The molecule has 2 saturated heterocycles. The lowest BCUT2D eigenvalue weighted by atomic mass is 9.88. The fraction of sp³-hybridized carbons (Fsp3) is 0.372. The third kappa shape index (κ3) is 6.92. The molecule has 8 rings (SSSR count). The van der Waals surface area contributed by atoms with Gasteiger partial charge in [-0.3, -0.25) is 14.4 Å². The summed E-state index contributed by atoms with van der Waals surface area (Å²) in [7, 11) is 2.92. The largest absolute Gasteiger partial charge is 0.497 e. The number of ketones is 1. The topological polar surface area (TPSA) is 154 Å². The van der Waals surface area contributed by atoms with E-state index < -0.39 is 47.6 Å². The Morgan fingerprint density at radius 1 is 0.966 bits per heavy atom. The summed E-state index contributed by atoms with van der Waals surface area (Å²) in [5, 5.41) is 10.1. The van der Waals surface area contributed by atoms with Crippen LogP contribution < -0.4 is 19.8 Å². The van der Waals surface area contributed by atoms with E-state index in [9.17, 15) is 29.1 Å². The molecule has 1 aromatic heterocycles. The maximum Gasteiger partial charge on any atom is 0.412 e. The number of benzene rings is 3. The van der Waals surface area contributed by atoms with Crippen molar-refractivity contribution in [1.82, 2.24) is 9.47 Å². The first-order valence-electron chi connectivity index (χ1n) is 19.1. The number of methoxy groups -OCH3 is 2. The highest BCUT2D eigenvalue weighted by molar-refractivity contribution is 6.30. The molecule has 58 heavy (non-hydrogen) atoms. The van der Waals surface area contributed by atoms with Crippen molar-refractivity contribution in [3.05, 3.63) is 104 Å². The Balaban J connectivity index is 0.961. The number of rotatable bonds is 11. The molecule has 2 aliphatic carbocycles. The number of carboxylic acids is 1. The van der Waals surface area contributed by atoms with Crippen LogP contribution in [0, 0.1) is 11.7 Å². The number of anilines is 1. The average molecular weight is 814 g/mol. The van der Waals surface area contributed by atoms with E-state index >= 15 is 4.39 Å². The van der Waals surface area contributed by atoms with Crippen LogP contribution in [0.2, 0.25) is 5.02 Å². The van der Waals surface area contributed by atoms with Crippen LogP contribution in [-0.2, 0) is 14.3 Å². The van der Waals surface area contributed by atoms with Gasteiger partial charge in [-0.05, 0) is 97.7 Å². The number of pyridine rings is 1. The van der Waals surface area contributed by atoms with Gasteiger partial charge in [0.25, 0.3) is 0 Å². The number of hydrogen-bond donors (Lipinski definition) is 1. The van der Waals surface area contributed by atoms with Gasteiger partial charge in [0.05, 0.1) is 43.5 Å². The van der Waals surface area contributed by atoms with Gasteiger partial charge < -0.3 is 38.4 Å². The van der Waals surface area contributed by atoms with Crippen molar-refractivity contribution >= 4 is 57.6 Å². The number of halogens is 2. The number of aromatic carboxylic acids is 1. The van der Waals surface area contributed by atoms with Crippen LogP contribution in [0.25, 0.3) is 16.5 Å². The Morgan fingerprint density at radius 3 is 2.41 bits per heavy atom. The monoisotopic (exact) mass is 813 g/mol. The zero-order valence-electron chi connectivity index (χ0n) is 32.1. The van der Waals surface area contributed by atoms with Crippen LogP contribution in [0.15, 0.2) is 65.1 Å². The van der Waals surface area contributed by atoms with Gasteiger partial charge in [-0.25, -0.2) is 14.0 Å². The summed E-state index contributed by atoms with van der Waals surface area (Å²) >= 11 is 6.06. The quantitative estimate of drug-likeness (QED) is 0.0927. The molecule has 302 valence electrons. The third-order valence-electron chi connectivity index (χ3n) is 11.8. The molecule has 1 N–H and O–H groups in total. The van der Waals surface area contributed by atoms with Gasteiger partial charge in [0.15, 0.2) is 17.3 Å². The van der Waals surface area contributed by atoms with Crippen molar-refractivity contribution in [3.63, 3.8) is 0 Å². The van der Waals surface area contributed by atoms with E-state index in [1.807, 2.05) is 13.0 Å². The van der Waals surface area contributed by atoms with Gasteiger partial charge in [-0.2, -0.15) is 0 Å². The van der Waals surface area contributed by atoms with Crippen molar-refractivity contribution in [2.45, 2.75) is 57.0 Å². The van der Waals surface area contributed by atoms with E-state index in [0.29, 0.717) is 58.1 Å². The molecule has 3 atom stereocenters. The molecule has 2 aliphatic heterocycles. The Hall–Kier alpha value is -5.89. The smallest absolute Gasteiger partial charge is 0.412 e. The summed E-state index contributed by atoms with van der Waals surface area (Å²) in [6, 6.07) is 12.7. The second kappa shape index (κ2) is 15.5. The predicted octanol–water partition coefficient (Wildman–Crippen LogP) is 7.23. The number of fused-ring (bicyclic) bond motifs is 3. The standard InChI is InChI=1S/C43H41ClFN3O10/c1-22-29(30-15-27(55-2)12-13-28(30)36(22)39(50)23-6-8-25(44)9-7-23)17-35(49)57-21-58-43(54)47-14-4-5-24-18-46(20-34(24)47)38-33(45)16-31-37(41(38)56-3)48(26-10-11-26)19-32(40(31)51)42(52)53/h6-9,12-13,15-16,19,24,26,34,36H,4-5,10-11,14,17-18,20-21H2,1-3H3,(H,52,53). The highest BCUT2D eigenvalue weighted by Gasteiger charge is 2.44. The molecule has 3 fully saturated rings. The summed E-state index contributed by atoms with van der Waals surface area (Å²) in [6.07, 6.45) is 3.45. The minimum Gasteiger partial charge on any atom is -0.497 e. The molecule has 4 aromatic rings. The maximum absolute atomic E-state index is 16.1. The lowest BCUT2D eigenvalue weighted by molar-refractivity contribution is -0.151. The lowest BCUT2D eigenvalue weighted by Gasteiger charge is -2.35. The number of ether oxygens (including phenoxy) is 4. The predicted molar refractivity (Wildman–Crippen MR) is 212 cm³/mol. The summed E-state index contributed by atoms with van der Waals surface area (Å²) in [6.45, 7) is 2.19. The average Bonchev–Trinajstić information content (AvgIpc) is 3.91. The number of hydrogen-bond acceptors (Lipinski definition) is 10. The normalized spacial score (nSPS) is 19.8. The summed E-state index contributed by atoms with van der Waals surface area (Å²) < 4.78 is 39.9. The first kappa shape index (κ1) is 39.0. The Labute approximate surface area is 337 Å². The molecule has 1 amide bonds. The number of allylic oxidation sites excluding steroid dienone is 1. The molecule has 0 spiro atoms. The van der Waals surface area contributed by atoms with Gasteiger partial charge in [-0.15, -0.1) is 0 Å². The van der Waals surface area contributed by atoms with Crippen LogP contribution in [-0.4, -0.2) is 85.1 Å². The van der Waals surface area contributed by atoms with Crippen LogP contribution in [0.5, 0.6) is 11.5 Å². The number of carbonyl (C=O) groups excluding carboxylic acids is 3. The van der Waals surface area contributed by atoms with Gasteiger partial charge in [-0.1, -0.05) is 23.2 Å². The second-order valence-corrected chi connectivity index (χ2v) is 15.6. The molecule has 1 saturated carbocycles. The molecule has 4 aliphatic rings. The first-order valence-corrected chi connectivity index (χ1v) is 19.5. The Morgan fingerprint density at radius 2 is 1.72 bits per heavy atom. The summed E-state index contributed by atoms with van der Waals surface area (Å²) in [5.41, 5.74) is 2.48. The second-order valence-electron chi connectivity index (χ2n) is 15.2. The summed E-state index contributed by atoms with van der Waals surface area (Å²) in [4.78, 5) is 69.0.